The van der Waals surface area contributed by atoms with Crippen molar-refractivity contribution in [2.24, 2.45) is 0 Å². The first-order valence-electron chi connectivity index (χ1n) is 6.57. The van der Waals surface area contributed by atoms with Crippen molar-refractivity contribution in [3.05, 3.63) is 34.9 Å². The van der Waals surface area contributed by atoms with Crippen LogP contribution >= 0.6 is 11.6 Å². The summed E-state index contributed by atoms with van der Waals surface area (Å²) in [6, 6.07) is 1.90. The molecule has 108 valence electrons. The van der Waals surface area contributed by atoms with Gasteiger partial charge in [0.25, 0.3) is 0 Å². The Balaban J connectivity index is 1.75. The maximum Gasteiger partial charge on any atom is 0.222 e. The van der Waals surface area contributed by atoms with E-state index in [0.29, 0.717) is 24.5 Å². The van der Waals surface area contributed by atoms with Crippen molar-refractivity contribution >= 4 is 17.5 Å². The van der Waals surface area contributed by atoms with E-state index >= 15 is 0 Å². The number of nitrogens with one attached hydrogen (secondary N) is 1. The number of rotatable bonds is 6. The smallest absolute Gasteiger partial charge is 0.222 e. The topological polar surface area (TPSA) is 64.7 Å². The van der Waals surface area contributed by atoms with Gasteiger partial charge in [-0.25, -0.2) is 0 Å². The standard InChI is InChI=1S/C13H18ClN5O/c1-3-18-6-4-11(17-18)8-15-13(20)5-7-19-9-12(14)10(2)16-19/h4,6,9H,3,5,7-8H2,1-2H3,(H,15,20). The number of halogens is 1. The largest absolute Gasteiger partial charge is 0.350 e. The van der Waals surface area contributed by atoms with E-state index in [-0.39, 0.29) is 5.91 Å². The van der Waals surface area contributed by atoms with Gasteiger partial charge in [-0.3, -0.25) is 14.2 Å². The molecule has 0 bridgehead atoms. The molecule has 0 aliphatic carbocycles. The fourth-order valence-corrected chi connectivity index (χ4v) is 1.93. The summed E-state index contributed by atoms with van der Waals surface area (Å²) < 4.78 is 3.51. The molecule has 0 atom stereocenters. The Bertz CT molecular complexity index is 570. The van der Waals surface area contributed by atoms with Gasteiger partial charge in [0.15, 0.2) is 0 Å². The molecule has 20 heavy (non-hydrogen) atoms. The molecule has 1 amide bonds. The van der Waals surface area contributed by atoms with Crippen molar-refractivity contribution < 1.29 is 4.79 Å². The Labute approximate surface area is 122 Å². The molecule has 0 saturated heterocycles. The average Bonchev–Trinajstić information content (AvgIpc) is 3.01. The Morgan fingerprint density at radius 1 is 1.40 bits per heavy atom. The van der Waals surface area contributed by atoms with E-state index in [4.69, 9.17) is 11.6 Å². The number of aryl methyl sites for hydroxylation is 3. The van der Waals surface area contributed by atoms with Gasteiger partial charge in [-0.15, -0.1) is 0 Å². The summed E-state index contributed by atoms with van der Waals surface area (Å²) in [6.45, 7) is 5.65. The molecular formula is C13H18ClN5O. The molecule has 0 saturated carbocycles. The molecule has 0 fully saturated rings. The van der Waals surface area contributed by atoms with E-state index in [1.165, 1.54) is 0 Å². The molecule has 0 aromatic carbocycles. The zero-order valence-corrected chi connectivity index (χ0v) is 12.4. The first-order chi connectivity index (χ1) is 9.58. The quantitative estimate of drug-likeness (QED) is 0.883. The van der Waals surface area contributed by atoms with Gasteiger partial charge in [-0.2, -0.15) is 10.2 Å². The summed E-state index contributed by atoms with van der Waals surface area (Å²) in [5.41, 5.74) is 1.63. The van der Waals surface area contributed by atoms with Gasteiger partial charge in [0.05, 0.1) is 23.0 Å². The molecule has 2 heterocycles. The van der Waals surface area contributed by atoms with Gasteiger partial charge in [0, 0.05) is 31.9 Å². The molecule has 0 radical (unpaired) electrons. The number of amides is 1. The highest BCUT2D eigenvalue weighted by Crippen LogP contribution is 2.12. The van der Waals surface area contributed by atoms with E-state index in [1.54, 1.807) is 10.9 Å². The minimum absolute atomic E-state index is 0.0275. The minimum atomic E-state index is -0.0275. The lowest BCUT2D eigenvalue weighted by Crippen LogP contribution is -2.24. The third-order valence-electron chi connectivity index (χ3n) is 2.94. The van der Waals surface area contributed by atoms with Crippen molar-refractivity contribution in [1.82, 2.24) is 24.9 Å². The minimum Gasteiger partial charge on any atom is -0.350 e. The molecule has 0 aliphatic heterocycles. The normalized spacial score (nSPS) is 10.8. The van der Waals surface area contributed by atoms with E-state index in [0.717, 1.165) is 17.9 Å². The lowest BCUT2D eigenvalue weighted by atomic mass is 10.3. The van der Waals surface area contributed by atoms with Crippen LogP contribution in [0.1, 0.15) is 24.7 Å². The van der Waals surface area contributed by atoms with Crippen molar-refractivity contribution in [2.45, 2.75) is 39.9 Å². The predicted molar refractivity (Wildman–Crippen MR) is 76.3 cm³/mol. The highest BCUT2D eigenvalue weighted by Gasteiger charge is 2.06. The zero-order valence-electron chi connectivity index (χ0n) is 11.6. The van der Waals surface area contributed by atoms with Crippen LogP contribution in [0.4, 0.5) is 0 Å². The Morgan fingerprint density at radius 3 is 2.80 bits per heavy atom. The second kappa shape index (κ2) is 6.56. The average molecular weight is 296 g/mol. The highest BCUT2D eigenvalue weighted by molar-refractivity contribution is 6.31. The third-order valence-corrected chi connectivity index (χ3v) is 3.31. The van der Waals surface area contributed by atoms with Gasteiger partial charge in [-0.05, 0) is 19.9 Å². The molecular weight excluding hydrogens is 278 g/mol. The fourth-order valence-electron chi connectivity index (χ4n) is 1.78. The van der Waals surface area contributed by atoms with Crippen LogP contribution in [0.5, 0.6) is 0 Å². The molecule has 2 aromatic rings. The molecule has 2 aromatic heterocycles. The Hall–Kier alpha value is -1.82. The summed E-state index contributed by atoms with van der Waals surface area (Å²) in [4.78, 5) is 11.7. The first kappa shape index (κ1) is 14.6. The van der Waals surface area contributed by atoms with Crippen LogP contribution in [-0.4, -0.2) is 25.5 Å². The molecule has 0 spiro atoms. The van der Waals surface area contributed by atoms with Crippen LogP contribution in [0.15, 0.2) is 18.5 Å². The van der Waals surface area contributed by atoms with Crippen molar-refractivity contribution in [3.63, 3.8) is 0 Å². The van der Waals surface area contributed by atoms with Crippen molar-refractivity contribution in [3.8, 4) is 0 Å². The first-order valence-corrected chi connectivity index (χ1v) is 6.95. The fraction of sp³-hybridized carbons (Fsp3) is 0.462. The zero-order chi connectivity index (χ0) is 14.5. The lowest BCUT2D eigenvalue weighted by molar-refractivity contribution is -0.121. The van der Waals surface area contributed by atoms with Crippen molar-refractivity contribution in [1.29, 1.82) is 0 Å². The second-order valence-corrected chi connectivity index (χ2v) is 4.92. The molecule has 0 unspecified atom stereocenters. The number of hydrogen-bond acceptors (Lipinski definition) is 3. The van der Waals surface area contributed by atoms with Crippen molar-refractivity contribution in [2.75, 3.05) is 0 Å². The number of aromatic nitrogens is 4. The summed E-state index contributed by atoms with van der Waals surface area (Å²) in [6.07, 6.45) is 4.00. The van der Waals surface area contributed by atoms with Gasteiger partial charge in [-0.1, -0.05) is 11.6 Å². The highest BCUT2D eigenvalue weighted by atomic mass is 35.5. The molecule has 2 rings (SSSR count). The number of carbonyl (C=O) groups excluding carboxylic acids is 1. The van der Waals surface area contributed by atoms with Crippen LogP contribution in [0.2, 0.25) is 5.02 Å². The maximum atomic E-state index is 11.7. The molecule has 0 aliphatic rings. The summed E-state index contributed by atoms with van der Waals surface area (Å²) in [7, 11) is 0. The van der Waals surface area contributed by atoms with E-state index in [9.17, 15) is 4.79 Å². The van der Waals surface area contributed by atoms with Crippen LogP contribution in [0.25, 0.3) is 0 Å². The van der Waals surface area contributed by atoms with Gasteiger partial charge < -0.3 is 5.32 Å². The SMILES string of the molecule is CCn1ccc(CNC(=O)CCn2cc(Cl)c(C)n2)n1. The van der Waals surface area contributed by atoms with Crippen LogP contribution in [-0.2, 0) is 24.4 Å². The lowest BCUT2D eigenvalue weighted by Gasteiger charge is -2.03. The van der Waals surface area contributed by atoms with E-state index in [1.807, 2.05) is 30.8 Å². The van der Waals surface area contributed by atoms with E-state index < -0.39 is 0 Å². The molecule has 1 N–H and O–H groups in total. The van der Waals surface area contributed by atoms with Crippen LogP contribution in [0, 0.1) is 6.92 Å². The summed E-state index contributed by atoms with van der Waals surface area (Å²) in [5.74, 6) is -0.0275. The second-order valence-electron chi connectivity index (χ2n) is 4.52. The van der Waals surface area contributed by atoms with Crippen LogP contribution < -0.4 is 5.32 Å². The number of nitrogens with zero attached hydrogens (tertiary/aromatic N) is 4. The monoisotopic (exact) mass is 295 g/mol. The summed E-state index contributed by atoms with van der Waals surface area (Å²) >= 11 is 5.91. The molecule has 6 nitrogen and oxygen atoms in total. The van der Waals surface area contributed by atoms with Gasteiger partial charge >= 0.3 is 0 Å². The number of hydrogen-bond donors (Lipinski definition) is 1. The number of carbonyl (C=O) groups is 1. The van der Waals surface area contributed by atoms with Gasteiger partial charge in [0.2, 0.25) is 5.91 Å². The predicted octanol–water partition coefficient (Wildman–Crippen LogP) is 1.77. The van der Waals surface area contributed by atoms with Gasteiger partial charge in [0.1, 0.15) is 0 Å². The van der Waals surface area contributed by atoms with E-state index in [2.05, 4.69) is 15.5 Å². The van der Waals surface area contributed by atoms with Crippen LogP contribution in [0.3, 0.4) is 0 Å². The Morgan fingerprint density at radius 2 is 2.20 bits per heavy atom. The summed E-state index contributed by atoms with van der Waals surface area (Å²) in [5, 5.41) is 12.0. The Kier molecular flexibility index (Phi) is 4.79. The molecule has 7 heteroatoms. The third kappa shape index (κ3) is 3.84. The maximum absolute atomic E-state index is 11.7.